The summed E-state index contributed by atoms with van der Waals surface area (Å²) < 4.78 is 11.1. The maximum atomic E-state index is 12.3. The summed E-state index contributed by atoms with van der Waals surface area (Å²) in [4.78, 5) is 16.3. The Hall–Kier alpha value is -4.24. The Labute approximate surface area is 160 Å². The zero-order valence-corrected chi connectivity index (χ0v) is 14.6. The van der Waals surface area contributed by atoms with Crippen LogP contribution in [0.25, 0.3) is 11.5 Å². The number of carbonyl (C=O) groups is 1. The van der Waals surface area contributed by atoms with Crippen LogP contribution in [0.1, 0.15) is 21.8 Å². The Bertz CT molecular complexity index is 1160. The van der Waals surface area contributed by atoms with E-state index in [1.165, 1.54) is 0 Å². The summed E-state index contributed by atoms with van der Waals surface area (Å²) in [6, 6.07) is 19.3. The topological polar surface area (TPSA) is 78.1 Å². The molecule has 0 unspecified atom stereocenters. The van der Waals surface area contributed by atoms with E-state index in [0.29, 0.717) is 16.9 Å². The number of carbonyl (C=O) groups excluding carboxylic acids is 1. The number of esters is 1. The summed E-state index contributed by atoms with van der Waals surface area (Å²) in [5.74, 6) is 5.93. The highest BCUT2D eigenvalue weighted by Crippen LogP contribution is 2.29. The molecule has 0 bridgehead atoms. The monoisotopic (exact) mass is 367 g/mol. The molecule has 28 heavy (non-hydrogen) atoms. The van der Waals surface area contributed by atoms with Gasteiger partial charge in [-0.3, -0.25) is 4.98 Å². The lowest BCUT2D eigenvalue weighted by atomic mass is 10.2. The average molecular weight is 367 g/mol. The minimum atomic E-state index is -0.468. The molecule has 0 atom stereocenters. The molecule has 0 saturated carbocycles. The van der Waals surface area contributed by atoms with Crippen LogP contribution in [0.5, 0.6) is 5.75 Å². The molecule has 0 amide bonds. The first-order valence-electron chi connectivity index (χ1n) is 8.42. The molecule has 6 nitrogen and oxygen atoms in total. The van der Waals surface area contributed by atoms with Gasteiger partial charge >= 0.3 is 5.97 Å². The van der Waals surface area contributed by atoms with E-state index in [-0.39, 0.29) is 11.8 Å². The van der Waals surface area contributed by atoms with Gasteiger partial charge in [-0.1, -0.05) is 41.4 Å². The van der Waals surface area contributed by atoms with Gasteiger partial charge in [0.15, 0.2) is 0 Å². The molecule has 0 aliphatic carbocycles. The number of para-hydroxylation sites is 1. The second kappa shape index (κ2) is 7.98. The van der Waals surface area contributed by atoms with Gasteiger partial charge in [0.1, 0.15) is 5.75 Å². The largest absolute Gasteiger partial charge is 0.422 e. The van der Waals surface area contributed by atoms with Crippen LogP contribution in [0.4, 0.5) is 0 Å². The Kier molecular flexibility index (Phi) is 4.90. The SMILES string of the molecule is O=C(Oc1ccccc1-c1nnc(C#Cc2cccnc2)o1)c1ccccc1. The van der Waals surface area contributed by atoms with Gasteiger partial charge in [0, 0.05) is 18.0 Å². The van der Waals surface area contributed by atoms with Gasteiger partial charge in [0.2, 0.25) is 0 Å². The van der Waals surface area contributed by atoms with Crippen molar-refractivity contribution in [1.29, 1.82) is 0 Å². The number of hydrogen-bond donors (Lipinski definition) is 0. The molecule has 4 rings (SSSR count). The summed E-state index contributed by atoms with van der Waals surface area (Å²) in [6.07, 6.45) is 3.31. The van der Waals surface area contributed by atoms with Crippen molar-refractivity contribution in [3.05, 3.63) is 96.1 Å². The van der Waals surface area contributed by atoms with Crippen LogP contribution < -0.4 is 4.74 Å². The zero-order valence-electron chi connectivity index (χ0n) is 14.6. The quantitative estimate of drug-likeness (QED) is 0.312. The number of pyridine rings is 1. The molecule has 6 heteroatoms. The van der Waals surface area contributed by atoms with E-state index < -0.39 is 5.97 Å². The normalized spacial score (nSPS) is 10.0. The molecule has 0 radical (unpaired) electrons. The maximum Gasteiger partial charge on any atom is 0.343 e. The summed E-state index contributed by atoms with van der Waals surface area (Å²) in [6.45, 7) is 0. The van der Waals surface area contributed by atoms with Crippen LogP contribution in [0.2, 0.25) is 0 Å². The van der Waals surface area contributed by atoms with Gasteiger partial charge in [-0.2, -0.15) is 0 Å². The van der Waals surface area contributed by atoms with E-state index in [0.717, 1.165) is 5.56 Å². The number of ether oxygens (including phenoxy) is 1. The first-order chi connectivity index (χ1) is 13.8. The third-order valence-corrected chi connectivity index (χ3v) is 3.73. The molecule has 2 heterocycles. The lowest BCUT2D eigenvalue weighted by molar-refractivity contribution is 0.0735. The molecular weight excluding hydrogens is 354 g/mol. The van der Waals surface area contributed by atoms with Gasteiger partial charge in [-0.05, 0) is 42.3 Å². The van der Waals surface area contributed by atoms with Crippen LogP contribution in [-0.4, -0.2) is 21.2 Å². The second-order valence-corrected chi connectivity index (χ2v) is 5.66. The molecule has 0 aliphatic rings. The third kappa shape index (κ3) is 3.94. The van der Waals surface area contributed by atoms with Crippen molar-refractivity contribution >= 4 is 5.97 Å². The highest BCUT2D eigenvalue weighted by molar-refractivity contribution is 5.91. The summed E-state index contributed by atoms with van der Waals surface area (Å²) >= 11 is 0. The Balaban J connectivity index is 1.58. The van der Waals surface area contributed by atoms with Crippen molar-refractivity contribution < 1.29 is 13.9 Å². The van der Waals surface area contributed by atoms with E-state index in [2.05, 4.69) is 27.0 Å². The van der Waals surface area contributed by atoms with Crippen molar-refractivity contribution in [2.45, 2.75) is 0 Å². The first kappa shape index (κ1) is 17.2. The molecule has 0 aliphatic heterocycles. The smallest absolute Gasteiger partial charge is 0.343 e. The highest BCUT2D eigenvalue weighted by atomic mass is 16.5. The van der Waals surface area contributed by atoms with Gasteiger partial charge in [0.25, 0.3) is 11.8 Å². The summed E-state index contributed by atoms with van der Waals surface area (Å²) in [7, 11) is 0. The fourth-order valence-electron chi connectivity index (χ4n) is 2.41. The Morgan fingerprint density at radius 2 is 1.71 bits per heavy atom. The average Bonchev–Trinajstić information content (AvgIpc) is 3.23. The first-order valence-corrected chi connectivity index (χ1v) is 8.42. The minimum absolute atomic E-state index is 0.156. The number of rotatable bonds is 3. The van der Waals surface area contributed by atoms with Gasteiger partial charge in [-0.25, -0.2) is 4.79 Å². The molecular formula is C22H13N3O3. The van der Waals surface area contributed by atoms with Crippen molar-refractivity contribution in [2.24, 2.45) is 0 Å². The van der Waals surface area contributed by atoms with Crippen LogP contribution in [0.3, 0.4) is 0 Å². The third-order valence-electron chi connectivity index (χ3n) is 3.73. The molecule has 0 saturated heterocycles. The molecule has 2 aromatic heterocycles. The minimum Gasteiger partial charge on any atom is -0.422 e. The Morgan fingerprint density at radius 1 is 0.893 bits per heavy atom. The summed E-state index contributed by atoms with van der Waals surface area (Å²) in [5, 5.41) is 7.95. The maximum absolute atomic E-state index is 12.3. The Morgan fingerprint density at radius 3 is 2.54 bits per heavy atom. The van der Waals surface area contributed by atoms with Crippen molar-refractivity contribution in [2.75, 3.05) is 0 Å². The van der Waals surface area contributed by atoms with E-state index >= 15 is 0 Å². The van der Waals surface area contributed by atoms with Gasteiger partial charge in [-0.15, -0.1) is 5.10 Å². The number of aromatic nitrogens is 3. The molecule has 0 N–H and O–H groups in total. The fraction of sp³-hybridized carbons (Fsp3) is 0. The summed E-state index contributed by atoms with van der Waals surface area (Å²) in [5.41, 5.74) is 1.69. The lowest BCUT2D eigenvalue weighted by Gasteiger charge is -2.07. The number of benzene rings is 2. The van der Waals surface area contributed by atoms with Crippen LogP contribution in [0.15, 0.2) is 83.5 Å². The predicted molar refractivity (Wildman–Crippen MR) is 101 cm³/mol. The van der Waals surface area contributed by atoms with Crippen LogP contribution >= 0.6 is 0 Å². The van der Waals surface area contributed by atoms with E-state index in [1.807, 2.05) is 12.1 Å². The van der Waals surface area contributed by atoms with Crippen LogP contribution in [-0.2, 0) is 0 Å². The van der Waals surface area contributed by atoms with Crippen molar-refractivity contribution in [3.63, 3.8) is 0 Å². The predicted octanol–water partition coefficient (Wildman–Crippen LogP) is 3.75. The number of nitrogens with zero attached hydrogens (tertiary/aromatic N) is 3. The molecule has 4 aromatic rings. The van der Waals surface area contributed by atoms with Crippen molar-refractivity contribution in [3.8, 4) is 29.0 Å². The van der Waals surface area contributed by atoms with Gasteiger partial charge < -0.3 is 9.15 Å². The molecule has 2 aromatic carbocycles. The fourth-order valence-corrected chi connectivity index (χ4v) is 2.41. The number of hydrogen-bond acceptors (Lipinski definition) is 6. The second-order valence-electron chi connectivity index (χ2n) is 5.66. The zero-order chi connectivity index (χ0) is 19.2. The molecule has 134 valence electrons. The molecule has 0 spiro atoms. The van der Waals surface area contributed by atoms with Crippen molar-refractivity contribution in [1.82, 2.24) is 15.2 Å². The highest BCUT2D eigenvalue weighted by Gasteiger charge is 2.16. The van der Waals surface area contributed by atoms with E-state index in [1.54, 1.807) is 67.0 Å². The van der Waals surface area contributed by atoms with Crippen LogP contribution in [0, 0.1) is 11.8 Å². The van der Waals surface area contributed by atoms with E-state index in [9.17, 15) is 4.79 Å². The van der Waals surface area contributed by atoms with E-state index in [4.69, 9.17) is 9.15 Å². The lowest BCUT2D eigenvalue weighted by Crippen LogP contribution is -2.08. The standard InChI is InChI=1S/C22H13N3O3/c26-22(17-8-2-1-3-9-17)27-19-11-5-4-10-18(19)21-25-24-20(28-21)13-12-16-7-6-14-23-15-16/h1-11,14-15H. The molecule has 0 fully saturated rings. The van der Waals surface area contributed by atoms with Gasteiger partial charge in [0.05, 0.1) is 11.1 Å².